The van der Waals surface area contributed by atoms with Gasteiger partial charge in [-0.15, -0.1) is 11.3 Å². The van der Waals surface area contributed by atoms with Gasteiger partial charge >= 0.3 is 6.18 Å². The third-order valence-corrected chi connectivity index (χ3v) is 5.70. The molecule has 0 aliphatic heterocycles. The second-order valence-corrected chi connectivity index (χ2v) is 8.27. The Hall–Kier alpha value is -3.69. The molecule has 0 saturated carbocycles. The van der Waals surface area contributed by atoms with E-state index in [-0.39, 0.29) is 28.8 Å². The highest BCUT2D eigenvalue weighted by Crippen LogP contribution is 2.35. The molecule has 0 radical (unpaired) electrons. The van der Waals surface area contributed by atoms with Gasteiger partial charge in [-0.25, -0.2) is 19.9 Å². The van der Waals surface area contributed by atoms with Crippen LogP contribution in [0.2, 0.25) is 5.02 Å². The summed E-state index contributed by atoms with van der Waals surface area (Å²) in [4.78, 5) is 51.8. The predicted octanol–water partition coefficient (Wildman–Crippen LogP) is 2.64. The zero-order chi connectivity index (χ0) is 25.8. The number of rotatable bonds is 7. The summed E-state index contributed by atoms with van der Waals surface area (Å²) in [5, 5.41) is 7.03. The van der Waals surface area contributed by atoms with E-state index in [4.69, 9.17) is 17.3 Å². The molecular formula is C19H16ClF3N8O3S. The summed E-state index contributed by atoms with van der Waals surface area (Å²) in [7, 11) is 0. The molecule has 16 heteroatoms. The smallest absolute Gasteiger partial charge is 0.342 e. The van der Waals surface area contributed by atoms with Crippen molar-refractivity contribution in [2.24, 2.45) is 5.73 Å². The van der Waals surface area contributed by atoms with Gasteiger partial charge in [-0.2, -0.15) is 13.2 Å². The first-order valence-electron chi connectivity index (χ1n) is 9.60. The van der Waals surface area contributed by atoms with E-state index in [0.29, 0.717) is 11.1 Å². The monoisotopic (exact) mass is 528 g/mol. The van der Waals surface area contributed by atoms with Crippen LogP contribution >= 0.6 is 22.9 Å². The minimum absolute atomic E-state index is 0.0389. The third-order valence-electron chi connectivity index (χ3n) is 4.22. The quantitative estimate of drug-likeness (QED) is 0.363. The molecule has 0 bridgehead atoms. The van der Waals surface area contributed by atoms with Gasteiger partial charge in [0.25, 0.3) is 11.8 Å². The number of thiazole rings is 1. The molecule has 3 amide bonds. The molecule has 11 nitrogen and oxygen atoms in total. The molecule has 0 fully saturated rings. The van der Waals surface area contributed by atoms with Crippen LogP contribution in [0, 0.1) is 0 Å². The van der Waals surface area contributed by atoms with Crippen LogP contribution in [0.5, 0.6) is 0 Å². The fourth-order valence-electron chi connectivity index (χ4n) is 2.57. The first-order valence-corrected chi connectivity index (χ1v) is 10.8. The van der Waals surface area contributed by atoms with Gasteiger partial charge in [-0.1, -0.05) is 11.6 Å². The maximum atomic E-state index is 13.0. The number of anilines is 2. The lowest BCUT2D eigenvalue weighted by Gasteiger charge is -2.11. The van der Waals surface area contributed by atoms with Gasteiger partial charge in [0.05, 0.1) is 29.4 Å². The lowest BCUT2D eigenvalue weighted by atomic mass is 10.2. The fraction of sp³-hybridized carbons (Fsp3) is 0.211. The van der Waals surface area contributed by atoms with Crippen LogP contribution in [-0.2, 0) is 11.0 Å². The maximum Gasteiger partial charge on any atom is 0.418 e. The number of amides is 3. The summed E-state index contributed by atoms with van der Waals surface area (Å²) in [6.45, 7) is 1.34. The van der Waals surface area contributed by atoms with E-state index >= 15 is 0 Å². The second kappa shape index (κ2) is 10.7. The van der Waals surface area contributed by atoms with Gasteiger partial charge in [0.15, 0.2) is 0 Å². The van der Waals surface area contributed by atoms with Gasteiger partial charge in [0.1, 0.15) is 33.5 Å². The number of pyridine rings is 1. The van der Waals surface area contributed by atoms with Crippen LogP contribution in [0.4, 0.5) is 24.8 Å². The number of carbonyl (C=O) groups is 3. The molecular weight excluding hydrogens is 513 g/mol. The molecule has 0 spiro atoms. The van der Waals surface area contributed by atoms with Crippen molar-refractivity contribution < 1.29 is 27.6 Å². The van der Waals surface area contributed by atoms with Gasteiger partial charge in [-0.05, 0) is 13.0 Å². The summed E-state index contributed by atoms with van der Waals surface area (Å²) in [6, 6.07) is 1.22. The summed E-state index contributed by atoms with van der Waals surface area (Å²) < 4.78 is 39.0. The SMILES string of the molecule is CC(NC(=O)c1cc(NC(=O)CN)ncn1)c1ncc(C(=O)Nc2cc(C(F)(F)F)c(Cl)cn2)s1. The number of nitrogens with one attached hydrogen (secondary N) is 3. The Labute approximate surface area is 204 Å². The summed E-state index contributed by atoms with van der Waals surface area (Å²) in [5.41, 5.74) is 4.04. The summed E-state index contributed by atoms with van der Waals surface area (Å²) in [5.74, 6) is -2.10. The van der Waals surface area contributed by atoms with Crippen molar-refractivity contribution in [1.29, 1.82) is 0 Å². The predicted molar refractivity (Wildman–Crippen MR) is 120 cm³/mol. The Morgan fingerprint density at radius 2 is 1.77 bits per heavy atom. The molecule has 1 unspecified atom stereocenters. The largest absolute Gasteiger partial charge is 0.418 e. The van der Waals surface area contributed by atoms with Crippen LogP contribution in [0.25, 0.3) is 0 Å². The van der Waals surface area contributed by atoms with Crippen molar-refractivity contribution >= 4 is 52.3 Å². The lowest BCUT2D eigenvalue weighted by molar-refractivity contribution is -0.137. The Morgan fingerprint density at radius 3 is 2.46 bits per heavy atom. The molecule has 1 atom stereocenters. The van der Waals surface area contributed by atoms with Crippen LogP contribution in [0.15, 0.2) is 30.9 Å². The van der Waals surface area contributed by atoms with Gasteiger partial charge < -0.3 is 21.7 Å². The molecule has 184 valence electrons. The van der Waals surface area contributed by atoms with E-state index in [1.807, 2.05) is 0 Å². The topological polar surface area (TPSA) is 165 Å². The highest BCUT2D eigenvalue weighted by atomic mass is 35.5. The van der Waals surface area contributed by atoms with E-state index in [2.05, 4.69) is 35.9 Å². The highest BCUT2D eigenvalue weighted by molar-refractivity contribution is 7.13. The molecule has 0 saturated heterocycles. The zero-order valence-corrected chi connectivity index (χ0v) is 19.3. The maximum absolute atomic E-state index is 13.0. The van der Waals surface area contributed by atoms with Gasteiger partial charge in [-0.3, -0.25) is 14.4 Å². The van der Waals surface area contributed by atoms with E-state index in [1.165, 1.54) is 12.3 Å². The lowest BCUT2D eigenvalue weighted by Crippen LogP contribution is -2.28. The second-order valence-electron chi connectivity index (χ2n) is 6.80. The number of carbonyl (C=O) groups excluding carboxylic acids is 3. The Bertz CT molecular complexity index is 1270. The molecule has 35 heavy (non-hydrogen) atoms. The van der Waals surface area contributed by atoms with Crippen molar-refractivity contribution in [3.63, 3.8) is 0 Å². The third kappa shape index (κ3) is 6.68. The molecule has 3 aromatic heterocycles. The average Bonchev–Trinajstić information content (AvgIpc) is 3.30. The number of hydrogen-bond donors (Lipinski definition) is 4. The number of halogens is 4. The van der Waals surface area contributed by atoms with Crippen molar-refractivity contribution in [2.75, 3.05) is 17.2 Å². The normalized spacial score (nSPS) is 12.1. The summed E-state index contributed by atoms with van der Waals surface area (Å²) >= 11 is 6.44. The molecule has 0 aliphatic carbocycles. The Balaban J connectivity index is 1.66. The van der Waals surface area contributed by atoms with E-state index < -0.39 is 40.5 Å². The van der Waals surface area contributed by atoms with Crippen molar-refractivity contribution in [2.45, 2.75) is 19.1 Å². The Kier molecular flexibility index (Phi) is 7.93. The average molecular weight is 529 g/mol. The van der Waals surface area contributed by atoms with Crippen LogP contribution in [0.1, 0.15) is 43.7 Å². The van der Waals surface area contributed by atoms with Gasteiger partial charge in [0.2, 0.25) is 5.91 Å². The first-order chi connectivity index (χ1) is 16.5. The highest BCUT2D eigenvalue weighted by Gasteiger charge is 2.34. The Morgan fingerprint density at radius 1 is 1.06 bits per heavy atom. The number of hydrogen-bond acceptors (Lipinski definition) is 9. The van der Waals surface area contributed by atoms with E-state index in [0.717, 1.165) is 23.9 Å². The number of nitrogens with two attached hydrogens (primary N) is 1. The molecule has 3 aromatic rings. The minimum atomic E-state index is -4.72. The number of aromatic nitrogens is 4. The molecule has 3 heterocycles. The molecule has 3 rings (SSSR count). The van der Waals surface area contributed by atoms with Crippen LogP contribution in [0.3, 0.4) is 0 Å². The van der Waals surface area contributed by atoms with Crippen LogP contribution in [-0.4, -0.2) is 44.2 Å². The van der Waals surface area contributed by atoms with Crippen molar-refractivity contribution in [3.8, 4) is 0 Å². The number of alkyl halides is 3. The first kappa shape index (κ1) is 25.9. The number of nitrogens with zero attached hydrogens (tertiary/aromatic N) is 4. The zero-order valence-electron chi connectivity index (χ0n) is 17.7. The van der Waals surface area contributed by atoms with Crippen LogP contribution < -0.4 is 21.7 Å². The molecule has 0 aromatic carbocycles. The van der Waals surface area contributed by atoms with Gasteiger partial charge in [0, 0.05) is 12.3 Å². The van der Waals surface area contributed by atoms with E-state index in [9.17, 15) is 27.6 Å². The fourth-order valence-corrected chi connectivity index (χ4v) is 3.60. The summed E-state index contributed by atoms with van der Waals surface area (Å²) in [6.07, 6.45) is -1.63. The molecule has 5 N–H and O–H groups in total. The van der Waals surface area contributed by atoms with Crippen molar-refractivity contribution in [1.82, 2.24) is 25.3 Å². The molecule has 0 aliphatic rings. The van der Waals surface area contributed by atoms with E-state index in [1.54, 1.807) is 6.92 Å². The standard InChI is InChI=1S/C19H16ClF3N8O3S/c1-8(29-16(33)11-3-14(28-7-27-11)30-15(32)4-24)18-26-6-12(35-18)17(34)31-13-2-9(19(21,22)23)10(20)5-25-13/h2-3,5-8H,4,24H2,1H3,(H,29,33)(H,25,31,34)(H,27,28,30,32). The minimum Gasteiger partial charge on any atom is -0.342 e. The van der Waals surface area contributed by atoms with Crippen molar-refractivity contribution in [3.05, 3.63) is 57.0 Å².